The zero-order valence-corrected chi connectivity index (χ0v) is 17.7. The highest BCUT2D eigenvalue weighted by Gasteiger charge is 2.21. The minimum Gasteiger partial charge on any atom is -0.475 e. The van der Waals surface area contributed by atoms with E-state index < -0.39 is 0 Å². The molecule has 0 bridgehead atoms. The Morgan fingerprint density at radius 2 is 1.77 bits per heavy atom. The standard InChI is InChI=1S/C22H28N4O4/c1-4-29-22(28)18-6-8-19(23-15-18)25-10-5-11-26(13-12-25)21(27)17-7-9-20(24-14-17)30-16(2)3/h6-9,14-16H,4-5,10-13H2,1-3H3. The summed E-state index contributed by atoms with van der Waals surface area (Å²) in [5, 5.41) is 0. The number of nitrogens with zero attached hydrogens (tertiary/aromatic N) is 4. The van der Waals surface area contributed by atoms with Gasteiger partial charge in [-0.05, 0) is 45.4 Å². The lowest BCUT2D eigenvalue weighted by Crippen LogP contribution is -2.35. The van der Waals surface area contributed by atoms with Crippen molar-refractivity contribution in [2.24, 2.45) is 0 Å². The Kier molecular flexibility index (Phi) is 7.21. The van der Waals surface area contributed by atoms with E-state index in [9.17, 15) is 9.59 Å². The molecule has 1 aliphatic rings. The average molecular weight is 412 g/mol. The van der Waals surface area contributed by atoms with Crippen LogP contribution in [0.1, 0.15) is 47.9 Å². The summed E-state index contributed by atoms with van der Waals surface area (Å²) in [5.74, 6) is 0.892. The second-order valence-electron chi connectivity index (χ2n) is 7.31. The van der Waals surface area contributed by atoms with Crippen LogP contribution in [0.15, 0.2) is 36.7 Å². The fourth-order valence-corrected chi connectivity index (χ4v) is 3.26. The predicted molar refractivity (Wildman–Crippen MR) is 113 cm³/mol. The van der Waals surface area contributed by atoms with Crippen molar-refractivity contribution < 1.29 is 19.1 Å². The summed E-state index contributed by atoms with van der Waals surface area (Å²) in [4.78, 5) is 37.3. The zero-order valence-electron chi connectivity index (χ0n) is 17.7. The fourth-order valence-electron chi connectivity index (χ4n) is 3.26. The molecule has 0 N–H and O–H groups in total. The number of pyridine rings is 2. The van der Waals surface area contributed by atoms with Crippen LogP contribution in [0.2, 0.25) is 0 Å². The minimum absolute atomic E-state index is 0.0361. The van der Waals surface area contributed by atoms with Crippen LogP contribution in [0, 0.1) is 0 Å². The van der Waals surface area contributed by atoms with Crippen LogP contribution in [0.5, 0.6) is 5.88 Å². The summed E-state index contributed by atoms with van der Waals surface area (Å²) in [5.41, 5.74) is 0.987. The van der Waals surface area contributed by atoms with Crippen molar-refractivity contribution in [3.05, 3.63) is 47.8 Å². The van der Waals surface area contributed by atoms with Crippen LogP contribution >= 0.6 is 0 Å². The lowest BCUT2D eigenvalue weighted by molar-refractivity contribution is 0.0525. The first-order valence-corrected chi connectivity index (χ1v) is 10.3. The Bertz CT molecular complexity index is 852. The van der Waals surface area contributed by atoms with Gasteiger partial charge in [0.25, 0.3) is 5.91 Å². The van der Waals surface area contributed by atoms with Gasteiger partial charge in [-0.1, -0.05) is 0 Å². The summed E-state index contributed by atoms with van der Waals surface area (Å²) < 4.78 is 10.5. The van der Waals surface area contributed by atoms with Crippen LogP contribution in [0.25, 0.3) is 0 Å². The molecule has 8 heteroatoms. The Balaban J connectivity index is 1.60. The predicted octanol–water partition coefficient (Wildman–Crippen LogP) is 2.79. The second kappa shape index (κ2) is 10.0. The highest BCUT2D eigenvalue weighted by Crippen LogP contribution is 2.17. The van der Waals surface area contributed by atoms with E-state index >= 15 is 0 Å². The summed E-state index contributed by atoms with van der Waals surface area (Å²) >= 11 is 0. The molecule has 160 valence electrons. The molecule has 1 amide bonds. The summed E-state index contributed by atoms with van der Waals surface area (Å²) in [7, 11) is 0. The van der Waals surface area contributed by atoms with Crippen LogP contribution in [-0.4, -0.2) is 65.6 Å². The number of hydrogen-bond donors (Lipinski definition) is 0. The SMILES string of the molecule is CCOC(=O)c1ccc(N2CCCN(C(=O)c3ccc(OC(C)C)nc3)CC2)nc1. The third-order valence-electron chi connectivity index (χ3n) is 4.71. The van der Waals surface area contributed by atoms with Crippen molar-refractivity contribution in [3.8, 4) is 5.88 Å². The monoisotopic (exact) mass is 412 g/mol. The topological polar surface area (TPSA) is 84.9 Å². The third-order valence-corrected chi connectivity index (χ3v) is 4.71. The lowest BCUT2D eigenvalue weighted by Gasteiger charge is -2.23. The zero-order chi connectivity index (χ0) is 21.5. The van der Waals surface area contributed by atoms with Gasteiger partial charge in [0.1, 0.15) is 5.82 Å². The molecule has 1 aliphatic heterocycles. The fraction of sp³-hybridized carbons (Fsp3) is 0.455. The van der Waals surface area contributed by atoms with E-state index in [4.69, 9.17) is 9.47 Å². The third kappa shape index (κ3) is 5.46. The molecular formula is C22H28N4O4. The molecule has 0 aromatic carbocycles. The van der Waals surface area contributed by atoms with Gasteiger partial charge in [-0.25, -0.2) is 14.8 Å². The number of carbonyl (C=O) groups excluding carboxylic acids is 2. The number of ether oxygens (including phenoxy) is 2. The summed E-state index contributed by atoms with van der Waals surface area (Å²) in [6.45, 7) is 8.68. The number of rotatable bonds is 6. The molecule has 2 aromatic rings. The van der Waals surface area contributed by atoms with Gasteiger partial charge in [-0.2, -0.15) is 0 Å². The van der Waals surface area contributed by atoms with E-state index in [1.54, 1.807) is 31.3 Å². The van der Waals surface area contributed by atoms with E-state index in [0.717, 1.165) is 18.8 Å². The molecule has 0 aliphatic carbocycles. The molecule has 0 atom stereocenters. The number of hydrogen-bond acceptors (Lipinski definition) is 7. The highest BCUT2D eigenvalue weighted by molar-refractivity contribution is 5.94. The van der Waals surface area contributed by atoms with Gasteiger partial charge in [-0.15, -0.1) is 0 Å². The molecule has 0 saturated carbocycles. The van der Waals surface area contributed by atoms with Crippen molar-refractivity contribution >= 4 is 17.7 Å². The minimum atomic E-state index is -0.373. The molecule has 1 fully saturated rings. The molecule has 3 heterocycles. The Hall–Kier alpha value is -3.16. The van der Waals surface area contributed by atoms with Gasteiger partial charge in [0.05, 0.1) is 23.8 Å². The van der Waals surface area contributed by atoms with Gasteiger partial charge >= 0.3 is 5.97 Å². The number of carbonyl (C=O) groups is 2. The van der Waals surface area contributed by atoms with Crippen molar-refractivity contribution in [1.29, 1.82) is 0 Å². The Labute approximate surface area is 176 Å². The summed E-state index contributed by atoms with van der Waals surface area (Å²) in [6, 6.07) is 7.03. The van der Waals surface area contributed by atoms with E-state index in [-0.39, 0.29) is 18.0 Å². The maximum atomic E-state index is 12.9. The molecule has 1 saturated heterocycles. The molecular weight excluding hydrogens is 384 g/mol. The molecule has 0 radical (unpaired) electrons. The smallest absolute Gasteiger partial charge is 0.339 e. The second-order valence-corrected chi connectivity index (χ2v) is 7.31. The quantitative estimate of drug-likeness (QED) is 0.675. The number of amides is 1. The van der Waals surface area contributed by atoms with E-state index in [1.807, 2.05) is 24.8 Å². The van der Waals surface area contributed by atoms with Gasteiger partial charge in [0, 0.05) is 44.6 Å². The molecule has 30 heavy (non-hydrogen) atoms. The van der Waals surface area contributed by atoms with Gasteiger partial charge in [0.2, 0.25) is 5.88 Å². The Morgan fingerprint density at radius 3 is 2.40 bits per heavy atom. The van der Waals surface area contributed by atoms with Gasteiger partial charge in [-0.3, -0.25) is 4.79 Å². The first-order chi connectivity index (χ1) is 14.5. The molecule has 3 rings (SSSR count). The van der Waals surface area contributed by atoms with Crippen LogP contribution in [-0.2, 0) is 4.74 Å². The van der Waals surface area contributed by atoms with Crippen molar-refractivity contribution in [2.45, 2.75) is 33.3 Å². The van der Waals surface area contributed by atoms with Gasteiger partial charge < -0.3 is 19.3 Å². The maximum Gasteiger partial charge on any atom is 0.339 e. The van der Waals surface area contributed by atoms with Crippen LogP contribution < -0.4 is 9.64 Å². The highest BCUT2D eigenvalue weighted by atomic mass is 16.5. The molecule has 8 nitrogen and oxygen atoms in total. The van der Waals surface area contributed by atoms with Gasteiger partial charge in [0.15, 0.2) is 0 Å². The molecule has 0 spiro atoms. The largest absolute Gasteiger partial charge is 0.475 e. The lowest BCUT2D eigenvalue weighted by atomic mass is 10.2. The molecule has 2 aromatic heterocycles. The number of esters is 1. The summed E-state index contributed by atoms with van der Waals surface area (Å²) in [6.07, 6.45) is 3.97. The average Bonchev–Trinajstić information content (AvgIpc) is 3.00. The van der Waals surface area contributed by atoms with Crippen molar-refractivity contribution in [2.75, 3.05) is 37.7 Å². The van der Waals surface area contributed by atoms with E-state index in [2.05, 4.69) is 14.9 Å². The van der Waals surface area contributed by atoms with Crippen molar-refractivity contribution in [3.63, 3.8) is 0 Å². The Morgan fingerprint density at radius 1 is 1.00 bits per heavy atom. The normalized spacial score (nSPS) is 14.4. The first kappa shape index (κ1) is 21.5. The van der Waals surface area contributed by atoms with E-state index in [1.165, 1.54) is 6.20 Å². The van der Waals surface area contributed by atoms with E-state index in [0.29, 0.717) is 43.2 Å². The van der Waals surface area contributed by atoms with Crippen LogP contribution in [0.4, 0.5) is 5.82 Å². The van der Waals surface area contributed by atoms with Crippen LogP contribution in [0.3, 0.4) is 0 Å². The van der Waals surface area contributed by atoms with Crippen molar-refractivity contribution in [1.82, 2.24) is 14.9 Å². The number of aromatic nitrogens is 2. The molecule has 0 unspecified atom stereocenters. The number of anilines is 1. The first-order valence-electron chi connectivity index (χ1n) is 10.3. The maximum absolute atomic E-state index is 12.9.